The maximum absolute atomic E-state index is 6.56. The molecule has 0 radical (unpaired) electrons. The van der Waals surface area contributed by atoms with E-state index in [-0.39, 0.29) is 0 Å². The molecule has 0 atom stereocenters. The first-order valence-electron chi connectivity index (χ1n) is 40.0. The molecule has 548 valence electrons. The third kappa shape index (κ3) is 10.0. The molecule has 8 aromatic heterocycles. The Kier molecular flexibility index (Phi) is 14.5. The molecular formula is C108H64N8OS. The van der Waals surface area contributed by atoms with Gasteiger partial charge in [-0.3, -0.25) is 0 Å². The van der Waals surface area contributed by atoms with E-state index in [1.807, 2.05) is 59.9 Å². The fourth-order valence-electron chi connectivity index (χ4n) is 19.0. The number of benzene rings is 18. The molecule has 0 aliphatic carbocycles. The van der Waals surface area contributed by atoms with Crippen LogP contribution in [0, 0.1) is 0 Å². The molecule has 0 unspecified atom stereocenters. The van der Waals surface area contributed by atoms with Crippen LogP contribution in [0.2, 0.25) is 0 Å². The van der Waals surface area contributed by atoms with Crippen LogP contribution in [0.25, 0.3) is 241 Å². The number of fused-ring (bicyclic) bond motifs is 22. The summed E-state index contributed by atoms with van der Waals surface area (Å²) in [5.41, 5.74) is 26.4. The molecule has 0 saturated heterocycles. The van der Waals surface area contributed by atoms with E-state index < -0.39 is 0 Å². The van der Waals surface area contributed by atoms with E-state index in [1.54, 1.807) is 0 Å². The van der Waals surface area contributed by atoms with Crippen molar-refractivity contribution in [2.75, 3.05) is 0 Å². The lowest BCUT2D eigenvalue weighted by Gasteiger charge is -2.14. The minimum Gasteiger partial charge on any atom is -0.455 e. The summed E-state index contributed by atoms with van der Waals surface area (Å²) in [7, 11) is 0. The molecule has 9 nitrogen and oxygen atoms in total. The van der Waals surface area contributed by atoms with Crippen LogP contribution in [0.5, 0.6) is 0 Å². The van der Waals surface area contributed by atoms with Gasteiger partial charge in [0.15, 0.2) is 0 Å². The third-order valence-electron chi connectivity index (χ3n) is 24.2. The molecule has 26 aromatic rings. The third-order valence-corrected chi connectivity index (χ3v) is 25.4. The molecular weight excluding hydrogens is 1460 g/mol. The Hall–Kier alpha value is -15.6. The normalized spacial score (nSPS) is 12.1. The van der Waals surface area contributed by atoms with E-state index in [0.717, 1.165) is 122 Å². The summed E-state index contributed by atoms with van der Waals surface area (Å²) in [5, 5.41) is 19.3. The highest BCUT2D eigenvalue weighted by atomic mass is 32.1. The number of rotatable bonds is 8. The number of hydrogen-bond donors (Lipinski definition) is 0. The first-order valence-corrected chi connectivity index (χ1v) is 40.8. The van der Waals surface area contributed by atoms with Gasteiger partial charge in [-0.25, -0.2) is 19.9 Å². The molecule has 0 amide bonds. The Morgan fingerprint density at radius 1 is 0.220 bits per heavy atom. The lowest BCUT2D eigenvalue weighted by Crippen LogP contribution is -1.98. The molecule has 26 rings (SSSR count). The summed E-state index contributed by atoms with van der Waals surface area (Å²) in [6, 6.07) is 139. The van der Waals surface area contributed by atoms with Crippen LogP contribution in [0.3, 0.4) is 0 Å². The van der Waals surface area contributed by atoms with Crippen molar-refractivity contribution in [1.29, 1.82) is 0 Å². The Balaban J connectivity index is 0.000000131. The van der Waals surface area contributed by atoms with Gasteiger partial charge in [-0.2, -0.15) is 0 Å². The molecule has 0 fully saturated rings. The molecule has 18 aromatic carbocycles. The molecule has 0 N–H and O–H groups in total. The Morgan fingerprint density at radius 2 is 0.576 bits per heavy atom. The first kappa shape index (κ1) is 65.9. The summed E-state index contributed by atoms with van der Waals surface area (Å²) in [5.74, 6) is 0. The largest absolute Gasteiger partial charge is 0.455 e. The fourth-order valence-corrected chi connectivity index (χ4v) is 20.2. The van der Waals surface area contributed by atoms with E-state index in [4.69, 9.17) is 24.4 Å². The quantitative estimate of drug-likeness (QED) is 0.151. The van der Waals surface area contributed by atoms with E-state index in [2.05, 4.69) is 358 Å². The van der Waals surface area contributed by atoms with Crippen molar-refractivity contribution in [2.24, 2.45) is 0 Å². The number of furan rings is 1. The second-order valence-electron chi connectivity index (χ2n) is 30.7. The zero-order valence-corrected chi connectivity index (χ0v) is 64.2. The molecule has 0 saturated carbocycles. The molecule has 0 aliphatic heterocycles. The monoisotopic (exact) mass is 1520 g/mol. The highest BCUT2D eigenvalue weighted by Crippen LogP contribution is 2.47. The van der Waals surface area contributed by atoms with Crippen molar-refractivity contribution in [3.8, 4) is 67.8 Å². The zero-order chi connectivity index (χ0) is 77.2. The van der Waals surface area contributed by atoms with Gasteiger partial charge in [0.25, 0.3) is 0 Å². The molecule has 10 heteroatoms. The van der Waals surface area contributed by atoms with Crippen LogP contribution in [0.4, 0.5) is 0 Å². The van der Waals surface area contributed by atoms with Gasteiger partial charge in [0.05, 0.1) is 94.7 Å². The highest BCUT2D eigenvalue weighted by Gasteiger charge is 2.26. The standard InChI is InChI=1S/C54H32N4O.C54H32N4S/c2*1-8-26-47-36(17-1)37-18-2-9-27-48(37)58(47)49-28-12-14-33-31-50-43(32-42(33)49)38-19-3-7-25-46(38)57(50)35-16-11-15-34(30-35)52-53(56-45-24-6-5-23-44(45)55-52)41-22-13-21-40-39-20-4-10-29-51(39)59-54(40)41/h2*1-32H. The number of thiophene rings is 1. The SMILES string of the molecule is c1cc(-c2nc3ccccc3nc2-c2cccc3c2oc2ccccc23)cc(-n2c3ccccc3c3cc4c(-n5c6ccccc6c6ccccc65)cccc4cc32)c1.c1cc(-c2nc3ccccc3nc2-c2cccc3c2sc2ccccc23)cc(-n2c3ccccc3c3cc4c(-n5c6ccccc6c6ccccc65)cccc4cc32)c1. The highest BCUT2D eigenvalue weighted by molar-refractivity contribution is 7.26. The van der Waals surface area contributed by atoms with Gasteiger partial charge >= 0.3 is 0 Å². The van der Waals surface area contributed by atoms with Crippen LogP contribution >= 0.6 is 11.3 Å². The van der Waals surface area contributed by atoms with Gasteiger partial charge in [-0.15, -0.1) is 11.3 Å². The Labute approximate surface area is 678 Å². The van der Waals surface area contributed by atoms with Crippen molar-refractivity contribution in [1.82, 2.24) is 38.2 Å². The first-order chi connectivity index (χ1) is 58.5. The van der Waals surface area contributed by atoms with Crippen LogP contribution in [-0.4, -0.2) is 38.2 Å². The smallest absolute Gasteiger partial charge is 0.144 e. The van der Waals surface area contributed by atoms with Gasteiger partial charge in [0, 0.05) is 118 Å². The van der Waals surface area contributed by atoms with Crippen molar-refractivity contribution in [2.45, 2.75) is 0 Å². The van der Waals surface area contributed by atoms with Crippen molar-refractivity contribution >= 4 is 184 Å². The Bertz CT molecular complexity index is 8140. The van der Waals surface area contributed by atoms with E-state index in [0.29, 0.717) is 0 Å². The minimum absolute atomic E-state index is 0.788. The average Bonchev–Trinajstić information content (AvgIpc) is 1.52. The fraction of sp³-hybridized carbons (Fsp3) is 0. The molecule has 0 aliphatic rings. The van der Waals surface area contributed by atoms with E-state index in [9.17, 15) is 0 Å². The predicted octanol–water partition coefficient (Wildman–Crippen LogP) is 28.9. The lowest BCUT2D eigenvalue weighted by atomic mass is 10.0. The van der Waals surface area contributed by atoms with E-state index in [1.165, 1.54) is 118 Å². The summed E-state index contributed by atoms with van der Waals surface area (Å²) in [6.45, 7) is 0. The second kappa shape index (κ2) is 26.0. The second-order valence-corrected chi connectivity index (χ2v) is 31.7. The molecule has 0 spiro atoms. The average molecular weight is 1520 g/mol. The van der Waals surface area contributed by atoms with Crippen LogP contribution < -0.4 is 0 Å². The summed E-state index contributed by atoms with van der Waals surface area (Å²) in [6.07, 6.45) is 0. The Morgan fingerprint density at radius 3 is 1.06 bits per heavy atom. The van der Waals surface area contributed by atoms with Gasteiger partial charge in [0.1, 0.15) is 16.9 Å². The zero-order valence-electron chi connectivity index (χ0n) is 63.3. The maximum Gasteiger partial charge on any atom is 0.144 e. The van der Waals surface area contributed by atoms with Gasteiger partial charge in [-0.05, 0) is 150 Å². The lowest BCUT2D eigenvalue weighted by molar-refractivity contribution is 0.670. The van der Waals surface area contributed by atoms with Gasteiger partial charge in [-0.1, -0.05) is 249 Å². The molecule has 8 heterocycles. The predicted molar refractivity (Wildman–Crippen MR) is 493 cm³/mol. The molecule has 118 heavy (non-hydrogen) atoms. The van der Waals surface area contributed by atoms with Gasteiger partial charge in [0.2, 0.25) is 0 Å². The van der Waals surface area contributed by atoms with Crippen LogP contribution in [0.1, 0.15) is 0 Å². The number of para-hydroxylation sites is 12. The summed E-state index contributed by atoms with van der Waals surface area (Å²) in [4.78, 5) is 21.4. The van der Waals surface area contributed by atoms with Gasteiger partial charge < -0.3 is 22.7 Å². The summed E-state index contributed by atoms with van der Waals surface area (Å²) >= 11 is 1.82. The maximum atomic E-state index is 6.56. The van der Waals surface area contributed by atoms with Crippen molar-refractivity contribution in [3.05, 3.63) is 388 Å². The number of hydrogen-bond acceptors (Lipinski definition) is 6. The van der Waals surface area contributed by atoms with Crippen molar-refractivity contribution in [3.63, 3.8) is 0 Å². The summed E-state index contributed by atoms with van der Waals surface area (Å²) < 4.78 is 18.7. The van der Waals surface area contributed by atoms with Crippen LogP contribution in [0.15, 0.2) is 393 Å². The van der Waals surface area contributed by atoms with Crippen molar-refractivity contribution < 1.29 is 4.42 Å². The molecule has 0 bridgehead atoms. The number of nitrogens with zero attached hydrogens (tertiary/aromatic N) is 8. The van der Waals surface area contributed by atoms with Crippen LogP contribution in [-0.2, 0) is 0 Å². The topological polar surface area (TPSA) is 84.4 Å². The number of aromatic nitrogens is 8. The van der Waals surface area contributed by atoms with E-state index >= 15 is 0 Å². The minimum atomic E-state index is 0.788.